The second-order valence-corrected chi connectivity index (χ2v) is 8.69. The summed E-state index contributed by atoms with van der Waals surface area (Å²) in [4.78, 5) is 9.83. The summed E-state index contributed by atoms with van der Waals surface area (Å²) < 4.78 is 47.5. The van der Waals surface area contributed by atoms with Crippen LogP contribution in [0.3, 0.4) is 0 Å². The zero-order valence-corrected chi connectivity index (χ0v) is 19.6. The van der Waals surface area contributed by atoms with Gasteiger partial charge in [0.1, 0.15) is 11.2 Å². The quantitative estimate of drug-likeness (QED) is 0.253. The number of aromatic nitrogens is 2. The molecule has 0 amide bonds. The maximum Gasteiger partial charge on any atom is 0.160 e. The summed E-state index contributed by atoms with van der Waals surface area (Å²) in [5.41, 5.74) is 5.90. The molecule has 0 saturated carbocycles. The monoisotopic (exact) mass is 479 g/mol. The number of hydrogen-bond donors (Lipinski definition) is 0. The summed E-state index contributed by atoms with van der Waals surface area (Å²) in [6, 6.07) is 31.4. The molecule has 174 valence electrons. The van der Waals surface area contributed by atoms with Crippen molar-refractivity contribution >= 4 is 21.9 Å². The first-order chi connectivity index (χ1) is 20.4. The van der Waals surface area contributed by atoms with Gasteiger partial charge in [0, 0.05) is 33.0 Å². The minimum atomic E-state index is -0.428. The average molecular weight is 480 g/mol. The number of nitrogens with zero attached hydrogens (tertiary/aromatic N) is 2. The van der Waals surface area contributed by atoms with Crippen LogP contribution in [0.25, 0.3) is 67.0 Å². The molecule has 0 unspecified atom stereocenters. The zero-order valence-electron chi connectivity index (χ0n) is 24.6. The molecule has 0 fully saturated rings. The van der Waals surface area contributed by atoms with Crippen molar-refractivity contribution in [3.8, 4) is 45.0 Å². The Labute approximate surface area is 221 Å². The van der Waals surface area contributed by atoms with E-state index in [1.807, 2.05) is 91.0 Å². The van der Waals surface area contributed by atoms with Crippen LogP contribution >= 0.6 is 0 Å². The van der Waals surface area contributed by atoms with Crippen LogP contribution in [0.2, 0.25) is 0 Å². The van der Waals surface area contributed by atoms with E-state index in [0.29, 0.717) is 22.6 Å². The highest BCUT2D eigenvalue weighted by Crippen LogP contribution is 2.37. The predicted octanol–water partition coefficient (Wildman–Crippen LogP) is 9.04. The lowest BCUT2D eigenvalue weighted by molar-refractivity contribution is 0.670. The van der Waals surface area contributed by atoms with E-state index in [0.717, 1.165) is 38.9 Å². The maximum absolute atomic E-state index is 8.48. The van der Waals surface area contributed by atoms with Crippen LogP contribution < -0.4 is 0 Å². The summed E-state index contributed by atoms with van der Waals surface area (Å²) in [6.45, 7) is 0. The Morgan fingerprint density at radius 2 is 1.22 bits per heavy atom. The van der Waals surface area contributed by atoms with Crippen LogP contribution in [0.4, 0.5) is 0 Å². The second kappa shape index (κ2) is 8.89. The highest BCUT2D eigenvalue weighted by atomic mass is 16.3. The maximum atomic E-state index is 8.48. The molecule has 3 nitrogen and oxygen atoms in total. The minimum absolute atomic E-state index is 0.109. The number of furan rings is 1. The van der Waals surface area contributed by atoms with E-state index >= 15 is 0 Å². The standard InChI is InChI=1S/C34H22N2O/c1-4-11-23(12-5-1)27-17-10-18-29-28-20-19-26(21-32(28)37-33(27)29)34-35-30(24-13-6-2-7-14-24)22-31(36-34)25-15-8-3-9-16-25/h1-22H/i1D,4D,5D,11D,12D. The summed E-state index contributed by atoms with van der Waals surface area (Å²) in [5.74, 6) is 0.545. The third kappa shape index (κ3) is 3.87. The molecule has 0 aliphatic carbocycles. The lowest BCUT2D eigenvalue weighted by atomic mass is 10.0. The van der Waals surface area contributed by atoms with Crippen molar-refractivity contribution in [2.45, 2.75) is 0 Å². The highest BCUT2D eigenvalue weighted by molar-refractivity contribution is 6.10. The van der Waals surface area contributed by atoms with E-state index in [1.54, 1.807) is 12.1 Å². The Balaban J connectivity index is 1.42. The number of rotatable bonds is 4. The molecule has 0 N–H and O–H groups in total. The number of para-hydroxylation sites is 1. The second-order valence-electron chi connectivity index (χ2n) is 8.69. The topological polar surface area (TPSA) is 38.9 Å². The van der Waals surface area contributed by atoms with Crippen molar-refractivity contribution in [3.05, 3.63) is 133 Å². The van der Waals surface area contributed by atoms with Crippen molar-refractivity contribution in [1.82, 2.24) is 9.97 Å². The first-order valence-electron chi connectivity index (χ1n) is 14.4. The van der Waals surface area contributed by atoms with Crippen molar-refractivity contribution < 1.29 is 11.3 Å². The smallest absolute Gasteiger partial charge is 0.160 e. The van der Waals surface area contributed by atoms with E-state index in [1.165, 1.54) is 0 Å². The predicted molar refractivity (Wildman–Crippen MR) is 151 cm³/mol. The average Bonchev–Trinajstić information content (AvgIpc) is 3.42. The molecule has 0 radical (unpaired) electrons. The molecule has 0 aliphatic heterocycles. The molecule has 0 spiro atoms. The molecule has 0 saturated heterocycles. The third-order valence-electron chi connectivity index (χ3n) is 6.39. The summed E-state index contributed by atoms with van der Waals surface area (Å²) >= 11 is 0. The van der Waals surface area contributed by atoms with Gasteiger partial charge in [-0.25, -0.2) is 9.97 Å². The van der Waals surface area contributed by atoms with E-state index in [-0.39, 0.29) is 29.7 Å². The molecule has 3 heteroatoms. The van der Waals surface area contributed by atoms with Crippen LogP contribution in [0.1, 0.15) is 6.85 Å². The van der Waals surface area contributed by atoms with Gasteiger partial charge in [-0.1, -0.05) is 115 Å². The van der Waals surface area contributed by atoms with Crippen LogP contribution in [0, 0.1) is 0 Å². The van der Waals surface area contributed by atoms with Crippen LogP contribution in [-0.2, 0) is 0 Å². The molecule has 5 aromatic carbocycles. The Bertz CT molecular complexity index is 2060. The van der Waals surface area contributed by atoms with Crippen molar-refractivity contribution in [3.63, 3.8) is 0 Å². The van der Waals surface area contributed by atoms with Crippen LogP contribution in [0.5, 0.6) is 0 Å². The Hall–Kier alpha value is -5.02. The molecule has 7 aromatic rings. The molecule has 0 atom stereocenters. The van der Waals surface area contributed by atoms with Crippen LogP contribution in [0.15, 0.2) is 138 Å². The highest BCUT2D eigenvalue weighted by Gasteiger charge is 2.15. The molecule has 0 bridgehead atoms. The van der Waals surface area contributed by atoms with Gasteiger partial charge in [-0.3, -0.25) is 0 Å². The van der Waals surface area contributed by atoms with Crippen LogP contribution in [-0.4, -0.2) is 9.97 Å². The normalized spacial score (nSPS) is 13.1. The molecule has 7 rings (SSSR count). The van der Waals surface area contributed by atoms with Gasteiger partial charge in [-0.2, -0.15) is 0 Å². The summed E-state index contributed by atoms with van der Waals surface area (Å²) in [6.07, 6.45) is 0. The third-order valence-corrected chi connectivity index (χ3v) is 6.39. The van der Waals surface area contributed by atoms with Gasteiger partial charge in [0.15, 0.2) is 5.82 Å². The molecule has 0 aliphatic rings. The van der Waals surface area contributed by atoms with E-state index in [4.69, 9.17) is 21.2 Å². The number of fused-ring (bicyclic) bond motifs is 3. The lowest BCUT2D eigenvalue weighted by Crippen LogP contribution is -1.95. The molecular weight excluding hydrogens is 452 g/mol. The van der Waals surface area contributed by atoms with Gasteiger partial charge in [-0.15, -0.1) is 0 Å². The largest absolute Gasteiger partial charge is 0.455 e. The van der Waals surface area contributed by atoms with Gasteiger partial charge >= 0.3 is 0 Å². The first kappa shape index (κ1) is 16.6. The van der Waals surface area contributed by atoms with Crippen molar-refractivity contribution in [2.75, 3.05) is 0 Å². The Morgan fingerprint density at radius 1 is 0.541 bits per heavy atom. The van der Waals surface area contributed by atoms with E-state index in [9.17, 15) is 0 Å². The van der Waals surface area contributed by atoms with Gasteiger partial charge in [-0.05, 0) is 23.8 Å². The van der Waals surface area contributed by atoms with Gasteiger partial charge < -0.3 is 4.42 Å². The number of hydrogen-bond acceptors (Lipinski definition) is 3. The van der Waals surface area contributed by atoms with Gasteiger partial charge in [0.05, 0.1) is 18.2 Å². The fourth-order valence-electron chi connectivity index (χ4n) is 4.61. The van der Waals surface area contributed by atoms with E-state index in [2.05, 4.69) is 0 Å². The van der Waals surface area contributed by atoms with E-state index < -0.39 is 6.04 Å². The fraction of sp³-hybridized carbons (Fsp3) is 0. The zero-order chi connectivity index (χ0) is 29.0. The molecule has 2 heterocycles. The van der Waals surface area contributed by atoms with Crippen molar-refractivity contribution in [1.29, 1.82) is 0 Å². The number of benzene rings is 5. The molecular formula is C34H22N2O. The molecule has 2 aromatic heterocycles. The lowest BCUT2D eigenvalue weighted by Gasteiger charge is -2.09. The fourth-order valence-corrected chi connectivity index (χ4v) is 4.61. The summed E-state index contributed by atoms with van der Waals surface area (Å²) in [7, 11) is 0. The van der Waals surface area contributed by atoms with Gasteiger partial charge in [0.2, 0.25) is 0 Å². The molecule has 37 heavy (non-hydrogen) atoms. The minimum Gasteiger partial charge on any atom is -0.455 e. The first-order valence-corrected chi connectivity index (χ1v) is 11.9. The SMILES string of the molecule is [2H]c1c([2H])c([2H])c(-c2cccc3c2oc2cc(-c4nc(-c5ccccc5)cc(-c5ccccc5)n4)ccc23)c([2H])c1[2H]. The van der Waals surface area contributed by atoms with Gasteiger partial charge in [0.25, 0.3) is 0 Å². The Morgan fingerprint density at radius 3 is 1.89 bits per heavy atom. The summed E-state index contributed by atoms with van der Waals surface area (Å²) in [5, 5.41) is 1.62. The van der Waals surface area contributed by atoms with Crippen molar-refractivity contribution in [2.24, 2.45) is 0 Å². The Kier molecular flexibility index (Phi) is 3.99.